The predicted molar refractivity (Wildman–Crippen MR) is 113 cm³/mol. The molecular weight excluding hydrogens is 396 g/mol. The summed E-state index contributed by atoms with van der Waals surface area (Å²) in [6.45, 7) is 0.846. The Morgan fingerprint density at radius 1 is 0.741 bits per heavy atom. The fraction of sp³-hybridized carbons (Fsp3) is 0.0833. The van der Waals surface area contributed by atoms with Gasteiger partial charge in [-0.05, 0) is 42.0 Å². The highest BCUT2D eigenvalue weighted by Gasteiger charge is 2.13. The zero-order chi connectivity index (χ0) is 18.5. The molecule has 0 aliphatic rings. The molecule has 4 aromatic rings. The van der Waals surface area contributed by atoms with Gasteiger partial charge in [-0.25, -0.2) is 0 Å². The van der Waals surface area contributed by atoms with Crippen molar-refractivity contribution in [1.29, 1.82) is 0 Å². The highest BCUT2D eigenvalue weighted by molar-refractivity contribution is 9.08. The van der Waals surface area contributed by atoms with Crippen molar-refractivity contribution in [1.82, 2.24) is 4.98 Å². The molecule has 27 heavy (non-hydrogen) atoms. The van der Waals surface area contributed by atoms with Crippen LogP contribution in [0.1, 0.15) is 11.1 Å². The quantitative estimate of drug-likeness (QED) is 0.304. The van der Waals surface area contributed by atoms with Gasteiger partial charge in [-0.1, -0.05) is 52.3 Å². The third kappa shape index (κ3) is 4.15. The molecule has 3 heteroatoms. The van der Waals surface area contributed by atoms with Crippen molar-refractivity contribution in [2.45, 2.75) is 11.9 Å². The molecule has 2 aromatic heterocycles. The van der Waals surface area contributed by atoms with E-state index >= 15 is 0 Å². The summed E-state index contributed by atoms with van der Waals surface area (Å²) in [5.74, 6) is 0. The van der Waals surface area contributed by atoms with Crippen LogP contribution in [0.5, 0.6) is 0 Å². The number of halogens is 1. The Kier molecular flexibility index (Phi) is 5.40. The van der Waals surface area contributed by atoms with E-state index in [0.29, 0.717) is 0 Å². The lowest BCUT2D eigenvalue weighted by Crippen LogP contribution is -2.36. The van der Waals surface area contributed by atoms with Gasteiger partial charge in [-0.3, -0.25) is 4.98 Å². The van der Waals surface area contributed by atoms with Crippen LogP contribution >= 0.6 is 15.9 Å². The smallest absolute Gasteiger partial charge is 0.212 e. The van der Waals surface area contributed by atoms with E-state index in [1.165, 1.54) is 22.4 Å². The first kappa shape index (κ1) is 17.6. The van der Waals surface area contributed by atoms with Crippen LogP contribution in [0.25, 0.3) is 22.5 Å². The Hall–Kier alpha value is -2.78. The number of pyridine rings is 2. The molecule has 0 aliphatic carbocycles. The summed E-state index contributed by atoms with van der Waals surface area (Å²) >= 11 is 3.54. The molecule has 4 rings (SSSR count). The van der Waals surface area contributed by atoms with E-state index in [9.17, 15) is 0 Å². The highest BCUT2D eigenvalue weighted by Crippen LogP contribution is 2.22. The summed E-state index contributed by atoms with van der Waals surface area (Å²) in [5.41, 5.74) is 7.13. The molecular formula is C24H20BrN2+. The third-order valence-corrected chi connectivity index (χ3v) is 5.23. The molecule has 0 radical (unpaired) electrons. The number of benzene rings is 2. The minimum absolute atomic E-state index is 0.846. The molecule has 0 saturated heterocycles. The summed E-state index contributed by atoms with van der Waals surface area (Å²) in [5, 5.41) is 0.877. The van der Waals surface area contributed by atoms with Gasteiger partial charge in [0.2, 0.25) is 5.69 Å². The van der Waals surface area contributed by atoms with Gasteiger partial charge in [-0.15, -0.1) is 0 Å². The summed E-state index contributed by atoms with van der Waals surface area (Å²) in [7, 11) is 0. The van der Waals surface area contributed by atoms with Gasteiger partial charge < -0.3 is 0 Å². The van der Waals surface area contributed by atoms with Crippen molar-refractivity contribution in [3.8, 4) is 22.5 Å². The van der Waals surface area contributed by atoms with E-state index in [1.54, 1.807) is 0 Å². The standard InChI is InChI=1S/C24H20BrN2/c25-17-19-6-5-7-20(16-19)18-27-15-4-2-9-24(27)22-12-10-21(11-13-22)23-8-1-3-14-26-23/h1-16H,17-18H2/q+1. The number of rotatable bonds is 5. The van der Waals surface area contributed by atoms with Crippen LogP contribution in [-0.4, -0.2) is 4.98 Å². The maximum Gasteiger partial charge on any atom is 0.212 e. The molecule has 0 spiro atoms. The summed E-state index contributed by atoms with van der Waals surface area (Å²) < 4.78 is 2.29. The lowest BCUT2D eigenvalue weighted by molar-refractivity contribution is -0.677. The SMILES string of the molecule is BrCc1cccc(C[n+]2ccccc2-c2ccc(-c3ccccn3)cc2)c1. The number of hydrogen-bond donors (Lipinski definition) is 0. The first-order chi connectivity index (χ1) is 13.3. The van der Waals surface area contributed by atoms with Gasteiger partial charge in [0.15, 0.2) is 12.7 Å². The average molecular weight is 416 g/mol. The Morgan fingerprint density at radius 3 is 2.30 bits per heavy atom. The third-order valence-electron chi connectivity index (χ3n) is 4.58. The fourth-order valence-corrected chi connectivity index (χ4v) is 3.58. The molecule has 0 saturated carbocycles. The van der Waals surface area contributed by atoms with Gasteiger partial charge in [0, 0.05) is 40.4 Å². The van der Waals surface area contributed by atoms with E-state index in [-0.39, 0.29) is 0 Å². The fourth-order valence-electron chi connectivity index (χ4n) is 3.23. The Bertz CT molecular complexity index is 1030. The maximum absolute atomic E-state index is 4.43. The first-order valence-corrected chi connectivity index (χ1v) is 10.1. The number of alkyl halides is 1. The molecule has 132 valence electrons. The molecule has 2 nitrogen and oxygen atoms in total. The number of aromatic nitrogens is 2. The second-order valence-corrected chi connectivity index (χ2v) is 7.02. The van der Waals surface area contributed by atoms with Crippen LogP contribution in [0.4, 0.5) is 0 Å². The van der Waals surface area contributed by atoms with Crippen molar-refractivity contribution in [3.63, 3.8) is 0 Å². The van der Waals surface area contributed by atoms with Crippen molar-refractivity contribution in [2.24, 2.45) is 0 Å². The first-order valence-electron chi connectivity index (χ1n) is 8.97. The summed E-state index contributed by atoms with van der Waals surface area (Å²) in [4.78, 5) is 4.43. The van der Waals surface area contributed by atoms with E-state index in [4.69, 9.17) is 0 Å². The van der Waals surface area contributed by atoms with Crippen molar-refractivity contribution >= 4 is 15.9 Å². The molecule has 2 heterocycles. The minimum Gasteiger partial charge on any atom is -0.256 e. The van der Waals surface area contributed by atoms with Crippen LogP contribution in [0, 0.1) is 0 Å². The van der Waals surface area contributed by atoms with Gasteiger partial charge in [0.25, 0.3) is 0 Å². The maximum atomic E-state index is 4.43. The summed E-state index contributed by atoms with van der Waals surface area (Å²) in [6, 6.07) is 29.7. The normalized spacial score (nSPS) is 10.7. The average Bonchev–Trinajstić information content (AvgIpc) is 2.75. The lowest BCUT2D eigenvalue weighted by Gasteiger charge is -2.06. The monoisotopic (exact) mass is 415 g/mol. The molecule has 0 aliphatic heterocycles. The Morgan fingerprint density at radius 2 is 1.52 bits per heavy atom. The molecule has 2 aromatic carbocycles. The minimum atomic E-state index is 0.846. The van der Waals surface area contributed by atoms with E-state index in [1.807, 2.05) is 24.4 Å². The van der Waals surface area contributed by atoms with Crippen molar-refractivity contribution < 1.29 is 4.57 Å². The zero-order valence-electron chi connectivity index (χ0n) is 14.9. The Labute approximate surface area is 168 Å². The van der Waals surface area contributed by atoms with Gasteiger partial charge in [0.05, 0.1) is 5.69 Å². The second-order valence-electron chi connectivity index (χ2n) is 6.46. The molecule has 0 fully saturated rings. The number of hydrogen-bond acceptors (Lipinski definition) is 1. The molecule has 0 unspecified atom stereocenters. The van der Waals surface area contributed by atoms with Crippen LogP contribution < -0.4 is 4.57 Å². The van der Waals surface area contributed by atoms with Gasteiger partial charge in [0.1, 0.15) is 0 Å². The van der Waals surface area contributed by atoms with Gasteiger partial charge >= 0.3 is 0 Å². The van der Waals surface area contributed by atoms with E-state index in [0.717, 1.165) is 23.1 Å². The van der Waals surface area contributed by atoms with E-state index < -0.39 is 0 Å². The van der Waals surface area contributed by atoms with E-state index in [2.05, 4.69) is 98.4 Å². The predicted octanol–water partition coefficient (Wildman–Crippen LogP) is 5.65. The molecule has 0 atom stereocenters. The van der Waals surface area contributed by atoms with Crippen LogP contribution in [0.15, 0.2) is 97.3 Å². The second kappa shape index (κ2) is 8.28. The molecule has 0 bridgehead atoms. The Balaban J connectivity index is 1.64. The highest BCUT2D eigenvalue weighted by atomic mass is 79.9. The largest absolute Gasteiger partial charge is 0.256 e. The van der Waals surface area contributed by atoms with Crippen molar-refractivity contribution in [2.75, 3.05) is 0 Å². The number of nitrogens with zero attached hydrogens (tertiary/aromatic N) is 2. The lowest BCUT2D eigenvalue weighted by atomic mass is 10.1. The van der Waals surface area contributed by atoms with Crippen LogP contribution in [0.2, 0.25) is 0 Å². The molecule has 0 N–H and O–H groups in total. The zero-order valence-corrected chi connectivity index (χ0v) is 16.5. The van der Waals surface area contributed by atoms with Crippen molar-refractivity contribution in [3.05, 3.63) is 108 Å². The molecule has 0 amide bonds. The van der Waals surface area contributed by atoms with Crippen LogP contribution in [0.3, 0.4) is 0 Å². The topological polar surface area (TPSA) is 16.8 Å². The summed E-state index contributed by atoms with van der Waals surface area (Å²) in [6.07, 6.45) is 3.97. The van der Waals surface area contributed by atoms with Gasteiger partial charge in [-0.2, -0.15) is 4.57 Å². The van der Waals surface area contributed by atoms with Crippen LogP contribution in [-0.2, 0) is 11.9 Å².